The summed E-state index contributed by atoms with van der Waals surface area (Å²) in [5.41, 5.74) is -0.212. The molecule has 0 aromatic carbocycles. The molecule has 1 N–H and O–H groups in total. The fourth-order valence-corrected chi connectivity index (χ4v) is 2.17. The van der Waals surface area contributed by atoms with Gasteiger partial charge in [-0.1, -0.05) is 6.92 Å². The number of rotatable bonds is 2. The van der Waals surface area contributed by atoms with Crippen LogP contribution in [0.15, 0.2) is 24.5 Å². The molecule has 1 fully saturated rings. The van der Waals surface area contributed by atoms with Gasteiger partial charge in [-0.2, -0.15) is 0 Å². The van der Waals surface area contributed by atoms with E-state index in [9.17, 15) is 9.59 Å². The smallest absolute Gasteiger partial charge is 0.252 e. The van der Waals surface area contributed by atoms with Crippen LogP contribution in [-0.2, 0) is 9.59 Å². The zero-order valence-corrected chi connectivity index (χ0v) is 10.8. The van der Waals surface area contributed by atoms with E-state index in [1.165, 1.54) is 0 Å². The lowest BCUT2D eigenvalue weighted by molar-refractivity contribution is -0.137. The van der Waals surface area contributed by atoms with Crippen LogP contribution in [0.2, 0.25) is 0 Å². The molecule has 96 valence electrons. The molecule has 18 heavy (non-hydrogen) atoms. The third-order valence-corrected chi connectivity index (χ3v) is 3.11. The van der Waals surface area contributed by atoms with Crippen LogP contribution in [0.1, 0.15) is 27.2 Å². The second kappa shape index (κ2) is 4.40. The van der Waals surface area contributed by atoms with Gasteiger partial charge in [0.25, 0.3) is 5.91 Å². The molecule has 1 aromatic heterocycles. The Hall–Kier alpha value is -1.91. The highest BCUT2D eigenvalue weighted by atomic mass is 16.2. The highest BCUT2D eigenvalue weighted by molar-refractivity contribution is 6.10. The average molecular weight is 247 g/mol. The van der Waals surface area contributed by atoms with Gasteiger partial charge in [-0.3, -0.25) is 19.5 Å². The van der Waals surface area contributed by atoms with E-state index >= 15 is 0 Å². The van der Waals surface area contributed by atoms with Crippen LogP contribution in [-0.4, -0.2) is 28.4 Å². The van der Waals surface area contributed by atoms with E-state index in [2.05, 4.69) is 10.3 Å². The zero-order chi connectivity index (χ0) is 13.3. The molecule has 1 aromatic rings. The number of hydrogen-bond donors (Lipinski definition) is 1. The van der Waals surface area contributed by atoms with E-state index < -0.39 is 11.6 Å². The summed E-state index contributed by atoms with van der Waals surface area (Å²) in [5.74, 6) is -0.229. The normalized spacial score (nSPS) is 22.8. The Morgan fingerprint density at radius 2 is 2.17 bits per heavy atom. The van der Waals surface area contributed by atoms with Gasteiger partial charge in [0.2, 0.25) is 5.91 Å². The largest absolute Gasteiger partial charge is 0.340 e. The number of carbonyl (C=O) groups is 2. The molecule has 2 amide bonds. The van der Waals surface area contributed by atoms with Gasteiger partial charge < -0.3 is 5.32 Å². The van der Waals surface area contributed by atoms with Gasteiger partial charge in [-0.05, 0) is 32.4 Å². The SMILES string of the molecule is CCC1C(=O)NC(C)(C)C(=O)N1c1cccnc1. The molecule has 1 unspecified atom stereocenters. The second-order valence-corrected chi connectivity index (χ2v) is 4.92. The summed E-state index contributed by atoms with van der Waals surface area (Å²) >= 11 is 0. The maximum atomic E-state index is 12.4. The molecule has 5 nitrogen and oxygen atoms in total. The van der Waals surface area contributed by atoms with Crippen LogP contribution < -0.4 is 10.2 Å². The topological polar surface area (TPSA) is 62.3 Å². The lowest BCUT2D eigenvalue weighted by atomic mass is 9.95. The molecule has 1 aliphatic heterocycles. The number of piperazine rings is 1. The predicted octanol–water partition coefficient (Wildman–Crippen LogP) is 1.10. The Bertz CT molecular complexity index is 470. The Morgan fingerprint density at radius 3 is 2.72 bits per heavy atom. The first kappa shape index (κ1) is 12.5. The molecular weight excluding hydrogens is 230 g/mol. The minimum absolute atomic E-state index is 0.109. The first-order chi connectivity index (χ1) is 8.47. The number of amides is 2. The van der Waals surface area contributed by atoms with Gasteiger partial charge in [-0.15, -0.1) is 0 Å². The van der Waals surface area contributed by atoms with Gasteiger partial charge in [-0.25, -0.2) is 0 Å². The van der Waals surface area contributed by atoms with Gasteiger partial charge >= 0.3 is 0 Å². The average Bonchev–Trinajstić information content (AvgIpc) is 2.34. The Labute approximate surface area is 106 Å². The summed E-state index contributed by atoms with van der Waals surface area (Å²) in [7, 11) is 0. The molecule has 0 radical (unpaired) electrons. The summed E-state index contributed by atoms with van der Waals surface area (Å²) in [6.07, 6.45) is 3.82. The molecule has 0 bridgehead atoms. The molecule has 2 heterocycles. The van der Waals surface area contributed by atoms with Crippen molar-refractivity contribution in [2.75, 3.05) is 4.90 Å². The van der Waals surface area contributed by atoms with Gasteiger partial charge in [0.1, 0.15) is 11.6 Å². The van der Waals surface area contributed by atoms with Crippen LogP contribution in [0.4, 0.5) is 5.69 Å². The lowest BCUT2D eigenvalue weighted by Crippen LogP contribution is -2.68. The summed E-state index contributed by atoms with van der Waals surface area (Å²) in [4.78, 5) is 30.0. The third-order valence-electron chi connectivity index (χ3n) is 3.11. The number of aromatic nitrogens is 1. The highest BCUT2D eigenvalue weighted by Crippen LogP contribution is 2.25. The van der Waals surface area contributed by atoms with E-state index in [4.69, 9.17) is 0 Å². The van der Waals surface area contributed by atoms with E-state index in [1.54, 1.807) is 43.3 Å². The quantitative estimate of drug-likeness (QED) is 0.851. The molecule has 0 saturated carbocycles. The van der Waals surface area contributed by atoms with Gasteiger partial charge in [0, 0.05) is 6.20 Å². The van der Waals surface area contributed by atoms with Crippen LogP contribution >= 0.6 is 0 Å². The van der Waals surface area contributed by atoms with Crippen molar-refractivity contribution in [2.45, 2.75) is 38.8 Å². The Kier molecular flexibility index (Phi) is 3.07. The van der Waals surface area contributed by atoms with Crippen molar-refractivity contribution in [3.05, 3.63) is 24.5 Å². The minimum atomic E-state index is -0.876. The maximum absolute atomic E-state index is 12.4. The Balaban J connectivity index is 2.46. The monoisotopic (exact) mass is 247 g/mol. The number of anilines is 1. The summed E-state index contributed by atoms with van der Waals surface area (Å²) < 4.78 is 0. The summed E-state index contributed by atoms with van der Waals surface area (Å²) in [6, 6.07) is 3.09. The number of carbonyl (C=O) groups excluding carboxylic acids is 2. The minimum Gasteiger partial charge on any atom is -0.340 e. The van der Waals surface area contributed by atoms with Gasteiger partial charge in [0.15, 0.2) is 0 Å². The first-order valence-corrected chi connectivity index (χ1v) is 6.03. The standard InChI is InChI=1S/C13H17N3O2/c1-4-10-11(17)15-13(2,3)12(18)16(10)9-6-5-7-14-8-9/h5-8,10H,4H2,1-3H3,(H,15,17). The van der Waals surface area contributed by atoms with E-state index in [-0.39, 0.29) is 11.8 Å². The van der Waals surface area contributed by atoms with Crippen molar-refractivity contribution >= 4 is 17.5 Å². The summed E-state index contributed by atoms with van der Waals surface area (Å²) in [6.45, 7) is 5.31. The van der Waals surface area contributed by atoms with Crippen LogP contribution in [0.25, 0.3) is 0 Å². The zero-order valence-electron chi connectivity index (χ0n) is 10.8. The third kappa shape index (κ3) is 1.96. The number of hydrogen-bond acceptors (Lipinski definition) is 3. The molecule has 2 rings (SSSR count). The number of pyridine rings is 1. The van der Waals surface area contributed by atoms with Crippen molar-refractivity contribution < 1.29 is 9.59 Å². The molecular formula is C13H17N3O2. The van der Waals surface area contributed by atoms with Crippen molar-refractivity contribution in [3.8, 4) is 0 Å². The van der Waals surface area contributed by atoms with Crippen molar-refractivity contribution in [3.63, 3.8) is 0 Å². The fraction of sp³-hybridized carbons (Fsp3) is 0.462. The summed E-state index contributed by atoms with van der Waals surface area (Å²) in [5, 5.41) is 2.76. The van der Waals surface area contributed by atoms with Crippen LogP contribution in [0, 0.1) is 0 Å². The number of nitrogens with one attached hydrogen (secondary N) is 1. The van der Waals surface area contributed by atoms with Crippen molar-refractivity contribution in [1.82, 2.24) is 10.3 Å². The van der Waals surface area contributed by atoms with Crippen LogP contribution in [0.5, 0.6) is 0 Å². The van der Waals surface area contributed by atoms with Crippen molar-refractivity contribution in [1.29, 1.82) is 0 Å². The van der Waals surface area contributed by atoms with E-state index in [1.807, 2.05) is 6.92 Å². The number of nitrogens with zero attached hydrogens (tertiary/aromatic N) is 2. The van der Waals surface area contributed by atoms with Crippen molar-refractivity contribution in [2.24, 2.45) is 0 Å². The Morgan fingerprint density at radius 1 is 1.44 bits per heavy atom. The highest BCUT2D eigenvalue weighted by Gasteiger charge is 2.45. The molecule has 1 aliphatic rings. The molecule has 1 atom stereocenters. The van der Waals surface area contributed by atoms with E-state index in [0.717, 1.165) is 0 Å². The van der Waals surface area contributed by atoms with E-state index in [0.29, 0.717) is 12.1 Å². The fourth-order valence-electron chi connectivity index (χ4n) is 2.17. The molecule has 5 heteroatoms. The lowest BCUT2D eigenvalue weighted by Gasteiger charge is -2.42. The second-order valence-electron chi connectivity index (χ2n) is 4.92. The molecule has 1 saturated heterocycles. The molecule has 0 aliphatic carbocycles. The molecule has 0 spiro atoms. The van der Waals surface area contributed by atoms with Crippen LogP contribution in [0.3, 0.4) is 0 Å². The predicted molar refractivity (Wildman–Crippen MR) is 68.0 cm³/mol. The van der Waals surface area contributed by atoms with Gasteiger partial charge in [0.05, 0.1) is 11.9 Å². The maximum Gasteiger partial charge on any atom is 0.252 e. The first-order valence-electron chi connectivity index (χ1n) is 6.03.